The van der Waals surface area contributed by atoms with Crippen LogP contribution in [0, 0.1) is 5.82 Å². The van der Waals surface area contributed by atoms with Crippen LogP contribution in [0.15, 0.2) is 12.1 Å². The van der Waals surface area contributed by atoms with E-state index in [1.807, 2.05) is 13.8 Å². The lowest BCUT2D eigenvalue weighted by Crippen LogP contribution is -2.04. The van der Waals surface area contributed by atoms with E-state index in [1.165, 1.54) is 13.2 Å². The average Bonchev–Trinajstić information content (AvgIpc) is 2.14. The summed E-state index contributed by atoms with van der Waals surface area (Å²) in [7, 11) is 1.45. The summed E-state index contributed by atoms with van der Waals surface area (Å²) in [4.78, 5) is 10.5. The van der Waals surface area contributed by atoms with Gasteiger partial charge >= 0.3 is 5.97 Å². The van der Waals surface area contributed by atoms with Gasteiger partial charge in [-0.1, -0.05) is 13.8 Å². The predicted octanol–water partition coefficient (Wildman–Crippen LogP) is 2.58. The maximum atomic E-state index is 13.7. The highest BCUT2D eigenvalue weighted by Gasteiger charge is 2.15. The Morgan fingerprint density at radius 2 is 2.12 bits per heavy atom. The highest BCUT2D eigenvalue weighted by Crippen LogP contribution is 2.30. The fraction of sp³-hybridized carbons (Fsp3) is 0.417. The SMILES string of the molecule is COc1cc(CC(=O)O)cc(F)c1C(C)C. The van der Waals surface area contributed by atoms with Gasteiger partial charge in [-0.15, -0.1) is 0 Å². The molecule has 0 atom stereocenters. The largest absolute Gasteiger partial charge is 0.496 e. The first kappa shape index (κ1) is 12.5. The summed E-state index contributed by atoms with van der Waals surface area (Å²) in [6, 6.07) is 2.83. The molecule has 1 aromatic rings. The molecule has 0 spiro atoms. The predicted molar refractivity (Wildman–Crippen MR) is 58.4 cm³/mol. The van der Waals surface area contributed by atoms with Crippen LogP contribution in [-0.4, -0.2) is 18.2 Å². The second kappa shape index (κ2) is 4.96. The van der Waals surface area contributed by atoms with Crippen LogP contribution in [0.1, 0.15) is 30.9 Å². The lowest BCUT2D eigenvalue weighted by Gasteiger charge is -2.14. The van der Waals surface area contributed by atoms with Crippen LogP contribution in [0.4, 0.5) is 4.39 Å². The highest BCUT2D eigenvalue weighted by atomic mass is 19.1. The summed E-state index contributed by atoms with van der Waals surface area (Å²) in [6.45, 7) is 3.72. The fourth-order valence-electron chi connectivity index (χ4n) is 1.65. The summed E-state index contributed by atoms with van der Waals surface area (Å²) < 4.78 is 18.8. The van der Waals surface area contributed by atoms with Gasteiger partial charge in [-0.25, -0.2) is 4.39 Å². The first-order valence-corrected chi connectivity index (χ1v) is 5.03. The zero-order chi connectivity index (χ0) is 12.3. The minimum Gasteiger partial charge on any atom is -0.496 e. The van der Waals surface area contributed by atoms with Crippen molar-refractivity contribution in [2.75, 3.05) is 7.11 Å². The molecule has 0 saturated carbocycles. The molecule has 0 bridgehead atoms. The zero-order valence-electron chi connectivity index (χ0n) is 9.58. The number of methoxy groups -OCH3 is 1. The molecule has 1 N–H and O–H groups in total. The van der Waals surface area contributed by atoms with Crippen molar-refractivity contribution in [3.05, 3.63) is 29.1 Å². The Morgan fingerprint density at radius 1 is 1.50 bits per heavy atom. The van der Waals surface area contributed by atoms with Crippen molar-refractivity contribution in [2.24, 2.45) is 0 Å². The molecule has 0 saturated heterocycles. The second-order valence-corrected chi connectivity index (χ2v) is 3.92. The lowest BCUT2D eigenvalue weighted by atomic mass is 9.98. The van der Waals surface area contributed by atoms with Crippen molar-refractivity contribution < 1.29 is 19.0 Å². The van der Waals surface area contributed by atoms with Crippen molar-refractivity contribution >= 4 is 5.97 Å². The van der Waals surface area contributed by atoms with Gasteiger partial charge in [-0.2, -0.15) is 0 Å². The van der Waals surface area contributed by atoms with Crippen LogP contribution in [0.3, 0.4) is 0 Å². The van der Waals surface area contributed by atoms with E-state index in [4.69, 9.17) is 9.84 Å². The number of hydrogen-bond acceptors (Lipinski definition) is 2. The summed E-state index contributed by atoms with van der Waals surface area (Å²) in [5, 5.41) is 8.64. The third-order valence-electron chi connectivity index (χ3n) is 2.30. The van der Waals surface area contributed by atoms with Crippen molar-refractivity contribution in [3.63, 3.8) is 0 Å². The van der Waals surface area contributed by atoms with Gasteiger partial charge in [0, 0.05) is 5.56 Å². The molecule has 0 fully saturated rings. The minimum atomic E-state index is -0.987. The normalized spacial score (nSPS) is 10.6. The van der Waals surface area contributed by atoms with E-state index in [-0.39, 0.29) is 12.3 Å². The lowest BCUT2D eigenvalue weighted by molar-refractivity contribution is -0.136. The average molecular weight is 226 g/mol. The van der Waals surface area contributed by atoms with Gasteiger partial charge in [0.05, 0.1) is 13.5 Å². The first-order valence-electron chi connectivity index (χ1n) is 5.03. The number of aliphatic carboxylic acids is 1. The van der Waals surface area contributed by atoms with E-state index < -0.39 is 11.8 Å². The van der Waals surface area contributed by atoms with Crippen LogP contribution < -0.4 is 4.74 Å². The monoisotopic (exact) mass is 226 g/mol. The van der Waals surface area contributed by atoms with Gasteiger partial charge in [0.2, 0.25) is 0 Å². The molecule has 1 rings (SSSR count). The Morgan fingerprint density at radius 3 is 2.56 bits per heavy atom. The molecular formula is C12H15FO3. The standard InChI is InChI=1S/C12H15FO3/c1-7(2)12-9(13)4-8(6-11(14)15)5-10(12)16-3/h4-5,7H,6H2,1-3H3,(H,14,15). The maximum absolute atomic E-state index is 13.7. The minimum absolute atomic E-state index is 0.00571. The molecule has 0 aliphatic rings. The molecular weight excluding hydrogens is 211 g/mol. The second-order valence-electron chi connectivity index (χ2n) is 3.92. The zero-order valence-corrected chi connectivity index (χ0v) is 9.58. The number of carbonyl (C=O) groups is 1. The van der Waals surface area contributed by atoms with Gasteiger partial charge in [-0.05, 0) is 23.6 Å². The van der Waals surface area contributed by atoms with Crippen LogP contribution in [0.25, 0.3) is 0 Å². The number of ether oxygens (including phenoxy) is 1. The molecule has 3 nitrogen and oxygen atoms in total. The molecule has 16 heavy (non-hydrogen) atoms. The number of carboxylic acid groups (broad SMARTS) is 1. The third-order valence-corrected chi connectivity index (χ3v) is 2.30. The third kappa shape index (κ3) is 2.72. The van der Waals surface area contributed by atoms with Crippen LogP contribution in [-0.2, 0) is 11.2 Å². The van der Waals surface area contributed by atoms with E-state index in [1.54, 1.807) is 6.07 Å². The molecule has 0 unspecified atom stereocenters. The quantitative estimate of drug-likeness (QED) is 0.858. The summed E-state index contributed by atoms with van der Waals surface area (Å²) in [5.74, 6) is -0.996. The Bertz CT molecular complexity index is 399. The fourth-order valence-corrected chi connectivity index (χ4v) is 1.65. The summed E-state index contributed by atoms with van der Waals surface area (Å²) in [5.41, 5.74) is 0.892. The van der Waals surface area contributed by atoms with Gasteiger partial charge in [-0.3, -0.25) is 4.79 Å². The van der Waals surface area contributed by atoms with Crippen molar-refractivity contribution in [2.45, 2.75) is 26.2 Å². The van der Waals surface area contributed by atoms with Crippen LogP contribution in [0.2, 0.25) is 0 Å². The van der Waals surface area contributed by atoms with Crippen molar-refractivity contribution in [1.29, 1.82) is 0 Å². The highest BCUT2D eigenvalue weighted by molar-refractivity contribution is 5.70. The van der Waals surface area contributed by atoms with Gasteiger partial charge in [0.25, 0.3) is 0 Å². The number of benzene rings is 1. The van der Waals surface area contributed by atoms with E-state index in [2.05, 4.69) is 0 Å². The maximum Gasteiger partial charge on any atom is 0.307 e. The topological polar surface area (TPSA) is 46.5 Å². The van der Waals surface area contributed by atoms with Gasteiger partial charge in [0.15, 0.2) is 0 Å². The Labute approximate surface area is 93.9 Å². The summed E-state index contributed by atoms with van der Waals surface area (Å²) >= 11 is 0. The molecule has 88 valence electrons. The molecule has 0 amide bonds. The van der Waals surface area contributed by atoms with E-state index in [0.717, 1.165) is 0 Å². The molecule has 4 heteroatoms. The van der Waals surface area contributed by atoms with Gasteiger partial charge < -0.3 is 9.84 Å². The van der Waals surface area contributed by atoms with Crippen molar-refractivity contribution in [3.8, 4) is 5.75 Å². The number of rotatable bonds is 4. The van der Waals surface area contributed by atoms with Gasteiger partial charge in [0.1, 0.15) is 11.6 Å². The smallest absolute Gasteiger partial charge is 0.307 e. The Hall–Kier alpha value is -1.58. The molecule has 0 aromatic heterocycles. The summed E-state index contributed by atoms with van der Waals surface area (Å²) in [6.07, 6.45) is -0.203. The molecule has 0 aliphatic heterocycles. The molecule has 0 aliphatic carbocycles. The molecule has 0 radical (unpaired) electrons. The Kier molecular flexibility index (Phi) is 3.88. The van der Waals surface area contributed by atoms with E-state index in [9.17, 15) is 9.18 Å². The molecule has 0 heterocycles. The number of hydrogen-bond donors (Lipinski definition) is 1. The number of carboxylic acids is 1. The molecule has 1 aromatic carbocycles. The van der Waals surface area contributed by atoms with Crippen LogP contribution >= 0.6 is 0 Å². The van der Waals surface area contributed by atoms with Crippen molar-refractivity contribution in [1.82, 2.24) is 0 Å². The number of halogens is 1. The van der Waals surface area contributed by atoms with E-state index in [0.29, 0.717) is 16.9 Å². The Balaban J connectivity index is 3.20. The van der Waals surface area contributed by atoms with E-state index >= 15 is 0 Å². The first-order chi connectivity index (χ1) is 7.45. The van der Waals surface area contributed by atoms with Crippen LogP contribution in [0.5, 0.6) is 5.75 Å².